The number of benzene rings is 2. The maximum absolute atomic E-state index is 13.9. The number of halogens is 1. The number of ether oxygens (including phenoxy) is 1. The summed E-state index contributed by atoms with van der Waals surface area (Å²) in [6, 6.07) is 17.3. The van der Waals surface area contributed by atoms with Crippen LogP contribution in [0.5, 0.6) is 0 Å². The fraction of sp³-hybridized carbons (Fsp3) is 0.250. The molecule has 0 radical (unpaired) electrons. The number of rotatable bonds is 5. The number of anilines is 2. The fourth-order valence-electron chi connectivity index (χ4n) is 3.89. The van der Waals surface area contributed by atoms with E-state index in [2.05, 4.69) is 44.5 Å². The second-order valence-corrected chi connectivity index (χ2v) is 7.64. The lowest BCUT2D eigenvalue weighted by atomic mass is 10.1. The van der Waals surface area contributed by atoms with Crippen molar-refractivity contribution in [2.75, 3.05) is 36.5 Å². The highest BCUT2D eigenvalue weighted by Gasteiger charge is 2.13. The van der Waals surface area contributed by atoms with Crippen LogP contribution in [0.4, 0.5) is 16.0 Å². The zero-order chi connectivity index (χ0) is 21.2. The van der Waals surface area contributed by atoms with Crippen molar-refractivity contribution in [2.24, 2.45) is 7.05 Å². The van der Waals surface area contributed by atoms with Gasteiger partial charge in [0.1, 0.15) is 11.3 Å². The van der Waals surface area contributed by atoms with Gasteiger partial charge in [0.2, 0.25) is 5.95 Å². The number of nitrogens with one attached hydrogen (secondary N) is 1. The van der Waals surface area contributed by atoms with Gasteiger partial charge in [0, 0.05) is 43.5 Å². The monoisotopic (exact) mass is 417 g/mol. The molecule has 5 rings (SSSR count). The molecule has 0 amide bonds. The van der Waals surface area contributed by atoms with E-state index in [-0.39, 0.29) is 5.82 Å². The van der Waals surface area contributed by atoms with E-state index in [1.165, 1.54) is 11.8 Å². The lowest BCUT2D eigenvalue weighted by Crippen LogP contribution is -2.36. The number of aromatic nitrogens is 3. The van der Waals surface area contributed by atoms with Gasteiger partial charge in [-0.15, -0.1) is 0 Å². The van der Waals surface area contributed by atoms with Gasteiger partial charge in [-0.25, -0.2) is 9.37 Å². The molecule has 4 aromatic rings. The zero-order valence-electron chi connectivity index (χ0n) is 17.4. The van der Waals surface area contributed by atoms with E-state index in [1.807, 2.05) is 23.7 Å². The molecule has 0 bridgehead atoms. The molecule has 3 heterocycles. The van der Waals surface area contributed by atoms with Crippen LogP contribution in [0.15, 0.2) is 60.8 Å². The number of nitrogens with zero attached hydrogens (tertiary/aromatic N) is 4. The summed E-state index contributed by atoms with van der Waals surface area (Å²) < 4.78 is 21.3. The highest BCUT2D eigenvalue weighted by Crippen LogP contribution is 2.26. The zero-order valence-corrected chi connectivity index (χ0v) is 17.4. The molecule has 0 aliphatic carbocycles. The van der Waals surface area contributed by atoms with E-state index in [9.17, 15) is 4.39 Å². The van der Waals surface area contributed by atoms with Crippen molar-refractivity contribution < 1.29 is 9.13 Å². The Hall–Kier alpha value is -3.45. The molecule has 1 aliphatic rings. The van der Waals surface area contributed by atoms with Crippen molar-refractivity contribution in [2.45, 2.75) is 6.54 Å². The summed E-state index contributed by atoms with van der Waals surface area (Å²) in [6.07, 6.45) is 1.79. The molecule has 6 nitrogen and oxygen atoms in total. The first-order valence-corrected chi connectivity index (χ1v) is 10.4. The molecular formula is C24H24FN5O. The van der Waals surface area contributed by atoms with Gasteiger partial charge in [-0.05, 0) is 24.3 Å². The van der Waals surface area contributed by atoms with Crippen LogP contribution in [-0.4, -0.2) is 40.8 Å². The van der Waals surface area contributed by atoms with Gasteiger partial charge < -0.3 is 19.5 Å². The van der Waals surface area contributed by atoms with Gasteiger partial charge in [0.15, 0.2) is 0 Å². The molecule has 2 aromatic carbocycles. The molecule has 0 saturated carbocycles. The maximum atomic E-state index is 13.9. The summed E-state index contributed by atoms with van der Waals surface area (Å²) in [7, 11) is 1.95. The topological polar surface area (TPSA) is 55.2 Å². The number of hydrogen-bond donors (Lipinski definition) is 1. The first kappa shape index (κ1) is 19.5. The van der Waals surface area contributed by atoms with Crippen molar-refractivity contribution in [3.8, 4) is 11.3 Å². The van der Waals surface area contributed by atoms with Crippen LogP contribution in [0.25, 0.3) is 22.3 Å². The molecule has 0 unspecified atom stereocenters. The first-order chi connectivity index (χ1) is 15.2. The Balaban J connectivity index is 1.37. The summed E-state index contributed by atoms with van der Waals surface area (Å²) in [5.41, 5.74) is 5.53. The summed E-state index contributed by atoms with van der Waals surface area (Å²) >= 11 is 0. The quantitative estimate of drug-likeness (QED) is 0.527. The highest BCUT2D eigenvalue weighted by molar-refractivity contribution is 5.82. The summed E-state index contributed by atoms with van der Waals surface area (Å²) in [4.78, 5) is 11.6. The molecule has 1 aliphatic heterocycles. The van der Waals surface area contributed by atoms with Crippen molar-refractivity contribution >= 4 is 22.7 Å². The minimum absolute atomic E-state index is 0.224. The Bertz CT molecular complexity index is 1200. The number of hydrogen-bond acceptors (Lipinski definition) is 5. The van der Waals surface area contributed by atoms with Gasteiger partial charge >= 0.3 is 0 Å². The van der Waals surface area contributed by atoms with Crippen LogP contribution in [0.3, 0.4) is 0 Å². The molecule has 158 valence electrons. The predicted molar refractivity (Wildman–Crippen MR) is 121 cm³/mol. The van der Waals surface area contributed by atoms with E-state index in [0.29, 0.717) is 18.1 Å². The molecule has 1 saturated heterocycles. The Morgan fingerprint density at radius 2 is 1.84 bits per heavy atom. The van der Waals surface area contributed by atoms with Crippen molar-refractivity contribution in [3.63, 3.8) is 0 Å². The first-order valence-electron chi connectivity index (χ1n) is 10.4. The lowest BCUT2D eigenvalue weighted by molar-refractivity contribution is 0.122. The number of fused-ring (bicyclic) bond motifs is 1. The van der Waals surface area contributed by atoms with Crippen molar-refractivity contribution in [3.05, 3.63) is 72.2 Å². The smallest absolute Gasteiger partial charge is 0.203 e. The number of morpholine rings is 1. The van der Waals surface area contributed by atoms with Gasteiger partial charge in [0.25, 0.3) is 0 Å². The summed E-state index contributed by atoms with van der Waals surface area (Å²) in [6.45, 7) is 3.75. The van der Waals surface area contributed by atoms with Gasteiger partial charge in [-0.2, -0.15) is 0 Å². The summed E-state index contributed by atoms with van der Waals surface area (Å²) in [5.74, 6) is 0.457. The predicted octanol–water partition coefficient (Wildman–Crippen LogP) is 4.22. The SMILES string of the molecule is Cn1c(NCc2ccccc2F)nc2cnc(-c3ccc(N4CCOCC4)cc3)cc21. The van der Waals surface area contributed by atoms with E-state index in [1.54, 1.807) is 18.3 Å². The molecule has 0 spiro atoms. The van der Waals surface area contributed by atoms with Gasteiger partial charge in [-0.3, -0.25) is 4.98 Å². The Morgan fingerprint density at radius 3 is 2.61 bits per heavy atom. The van der Waals surface area contributed by atoms with Crippen LogP contribution in [0.1, 0.15) is 5.56 Å². The molecule has 1 fully saturated rings. The van der Waals surface area contributed by atoms with Crippen molar-refractivity contribution in [1.29, 1.82) is 0 Å². The Labute approximate surface area is 180 Å². The fourth-order valence-corrected chi connectivity index (χ4v) is 3.89. The van der Waals surface area contributed by atoms with E-state index >= 15 is 0 Å². The Morgan fingerprint density at radius 1 is 1.06 bits per heavy atom. The van der Waals surface area contributed by atoms with Crippen LogP contribution in [-0.2, 0) is 18.3 Å². The lowest BCUT2D eigenvalue weighted by Gasteiger charge is -2.28. The minimum Gasteiger partial charge on any atom is -0.378 e. The molecule has 7 heteroatoms. The average Bonchev–Trinajstić information content (AvgIpc) is 3.14. The van der Waals surface area contributed by atoms with Crippen LogP contribution < -0.4 is 10.2 Å². The molecule has 31 heavy (non-hydrogen) atoms. The maximum Gasteiger partial charge on any atom is 0.203 e. The Kier molecular flexibility index (Phi) is 5.26. The molecule has 2 aromatic heterocycles. The van der Waals surface area contributed by atoms with E-state index in [4.69, 9.17) is 4.74 Å². The number of imidazole rings is 1. The normalized spacial score (nSPS) is 14.2. The third-order valence-corrected chi connectivity index (χ3v) is 5.70. The number of pyridine rings is 1. The van der Waals surface area contributed by atoms with Crippen LogP contribution in [0.2, 0.25) is 0 Å². The third kappa shape index (κ3) is 3.96. The summed E-state index contributed by atoms with van der Waals surface area (Å²) in [5, 5.41) is 3.23. The van der Waals surface area contributed by atoms with E-state index in [0.717, 1.165) is 48.6 Å². The number of aryl methyl sites for hydroxylation is 1. The molecule has 1 N–H and O–H groups in total. The standard InChI is InChI=1S/C24H24FN5O/c1-29-23-14-21(17-6-8-19(9-7-17)30-10-12-31-13-11-30)26-16-22(23)28-24(29)27-15-18-4-2-3-5-20(18)25/h2-9,14,16H,10-13,15H2,1H3,(H,27,28). The molecule has 0 atom stereocenters. The second-order valence-electron chi connectivity index (χ2n) is 7.64. The second kappa shape index (κ2) is 8.35. The minimum atomic E-state index is -0.224. The highest BCUT2D eigenvalue weighted by atomic mass is 19.1. The third-order valence-electron chi connectivity index (χ3n) is 5.70. The molecular weight excluding hydrogens is 393 g/mol. The van der Waals surface area contributed by atoms with Gasteiger partial charge in [-0.1, -0.05) is 30.3 Å². The van der Waals surface area contributed by atoms with Gasteiger partial charge in [0.05, 0.1) is 30.6 Å². The largest absolute Gasteiger partial charge is 0.378 e. The van der Waals surface area contributed by atoms with Crippen LogP contribution >= 0.6 is 0 Å². The van der Waals surface area contributed by atoms with Crippen LogP contribution in [0, 0.1) is 5.82 Å². The average molecular weight is 417 g/mol. The van der Waals surface area contributed by atoms with Crippen molar-refractivity contribution in [1.82, 2.24) is 14.5 Å². The van der Waals surface area contributed by atoms with E-state index < -0.39 is 0 Å².